The summed E-state index contributed by atoms with van der Waals surface area (Å²) in [5.41, 5.74) is 0. The van der Waals surface area contributed by atoms with Crippen LogP contribution >= 0.6 is 0 Å². The van der Waals surface area contributed by atoms with Crippen LogP contribution in [0.2, 0.25) is 0 Å². The molecule has 24 heavy (non-hydrogen) atoms. The molecular weight excluding hydrogens is 304 g/mol. The van der Waals surface area contributed by atoms with Gasteiger partial charge in [0.05, 0.1) is 13.7 Å². The fourth-order valence-electron chi connectivity index (χ4n) is 2.06. The summed E-state index contributed by atoms with van der Waals surface area (Å²) in [4.78, 5) is 6.85. The van der Waals surface area contributed by atoms with Crippen molar-refractivity contribution in [3.63, 3.8) is 0 Å². The molecule has 0 aliphatic heterocycles. The molecule has 6 heteroatoms. The lowest BCUT2D eigenvalue weighted by atomic mass is 10.3. The SMILES string of the molecule is CCNC(=NCC(C)Oc1ccccc1OC)NCCN(C)CC. The van der Waals surface area contributed by atoms with Gasteiger partial charge in [0.2, 0.25) is 0 Å². The molecule has 0 bridgehead atoms. The first-order valence-corrected chi connectivity index (χ1v) is 8.61. The number of guanidine groups is 1. The average Bonchev–Trinajstić information content (AvgIpc) is 2.59. The van der Waals surface area contributed by atoms with Crippen LogP contribution in [0.1, 0.15) is 20.8 Å². The number of hydrogen-bond acceptors (Lipinski definition) is 4. The van der Waals surface area contributed by atoms with Crippen molar-refractivity contribution < 1.29 is 9.47 Å². The summed E-state index contributed by atoms with van der Waals surface area (Å²) < 4.78 is 11.2. The maximum atomic E-state index is 5.93. The molecule has 0 aromatic heterocycles. The van der Waals surface area contributed by atoms with Crippen molar-refractivity contribution in [2.45, 2.75) is 26.9 Å². The summed E-state index contributed by atoms with van der Waals surface area (Å²) in [6.45, 7) is 10.5. The second-order valence-corrected chi connectivity index (χ2v) is 5.62. The van der Waals surface area contributed by atoms with Gasteiger partial charge in [-0.3, -0.25) is 0 Å². The first-order valence-electron chi connectivity index (χ1n) is 8.61. The molecule has 0 spiro atoms. The van der Waals surface area contributed by atoms with Crippen molar-refractivity contribution in [1.29, 1.82) is 0 Å². The van der Waals surface area contributed by atoms with Crippen LogP contribution in [0.3, 0.4) is 0 Å². The van der Waals surface area contributed by atoms with E-state index in [4.69, 9.17) is 9.47 Å². The third-order valence-corrected chi connectivity index (χ3v) is 3.57. The maximum Gasteiger partial charge on any atom is 0.191 e. The molecule has 1 aromatic rings. The van der Waals surface area contributed by atoms with Crippen LogP contribution in [0.15, 0.2) is 29.3 Å². The Morgan fingerprint density at radius 2 is 1.92 bits per heavy atom. The summed E-state index contributed by atoms with van der Waals surface area (Å²) in [5.74, 6) is 2.30. The highest BCUT2D eigenvalue weighted by Gasteiger charge is 2.08. The van der Waals surface area contributed by atoms with Gasteiger partial charge in [0.25, 0.3) is 0 Å². The van der Waals surface area contributed by atoms with E-state index >= 15 is 0 Å². The molecule has 1 aromatic carbocycles. The van der Waals surface area contributed by atoms with Gasteiger partial charge in [-0.25, -0.2) is 4.99 Å². The monoisotopic (exact) mass is 336 g/mol. The fourth-order valence-corrected chi connectivity index (χ4v) is 2.06. The van der Waals surface area contributed by atoms with Gasteiger partial charge in [-0.1, -0.05) is 19.1 Å². The molecule has 0 amide bonds. The average molecular weight is 336 g/mol. The summed E-state index contributed by atoms with van der Waals surface area (Å²) in [6, 6.07) is 7.66. The van der Waals surface area contributed by atoms with Gasteiger partial charge >= 0.3 is 0 Å². The first kappa shape index (κ1) is 20.1. The molecule has 136 valence electrons. The number of hydrogen-bond donors (Lipinski definition) is 2. The maximum absolute atomic E-state index is 5.93. The molecule has 0 fully saturated rings. The van der Waals surface area contributed by atoms with Crippen molar-refractivity contribution >= 4 is 5.96 Å². The topological polar surface area (TPSA) is 58.1 Å². The van der Waals surface area contributed by atoms with Crippen LogP contribution < -0.4 is 20.1 Å². The van der Waals surface area contributed by atoms with E-state index in [1.54, 1.807) is 7.11 Å². The lowest BCUT2D eigenvalue weighted by molar-refractivity contribution is 0.219. The number of methoxy groups -OCH3 is 1. The lowest BCUT2D eigenvalue weighted by Gasteiger charge is -2.18. The smallest absolute Gasteiger partial charge is 0.191 e. The molecule has 0 saturated heterocycles. The minimum Gasteiger partial charge on any atom is -0.493 e. The van der Waals surface area contributed by atoms with Crippen molar-refractivity contribution in [3.8, 4) is 11.5 Å². The number of rotatable bonds is 10. The number of nitrogens with one attached hydrogen (secondary N) is 2. The van der Waals surface area contributed by atoms with E-state index in [9.17, 15) is 0 Å². The number of para-hydroxylation sites is 2. The number of benzene rings is 1. The van der Waals surface area contributed by atoms with Crippen LogP contribution in [0, 0.1) is 0 Å². The third-order valence-electron chi connectivity index (χ3n) is 3.57. The van der Waals surface area contributed by atoms with Crippen molar-refractivity contribution in [3.05, 3.63) is 24.3 Å². The Balaban J connectivity index is 2.51. The fraction of sp³-hybridized carbons (Fsp3) is 0.611. The Bertz CT molecular complexity index is 494. The zero-order valence-corrected chi connectivity index (χ0v) is 15.6. The quantitative estimate of drug-likeness (QED) is 0.505. The Morgan fingerprint density at radius 1 is 1.21 bits per heavy atom. The van der Waals surface area contributed by atoms with Crippen molar-refractivity contribution in [2.24, 2.45) is 4.99 Å². The van der Waals surface area contributed by atoms with E-state index in [-0.39, 0.29) is 6.10 Å². The molecule has 0 saturated carbocycles. The predicted molar refractivity (Wildman–Crippen MR) is 100 cm³/mol. The summed E-state index contributed by atoms with van der Waals surface area (Å²) >= 11 is 0. The van der Waals surface area contributed by atoms with E-state index in [1.807, 2.05) is 31.2 Å². The largest absolute Gasteiger partial charge is 0.493 e. The number of ether oxygens (including phenoxy) is 2. The third kappa shape index (κ3) is 7.55. The number of likely N-dealkylation sites (N-methyl/N-ethyl adjacent to an activating group) is 1. The van der Waals surface area contributed by atoms with E-state index in [1.165, 1.54) is 0 Å². The van der Waals surface area contributed by atoms with Gasteiger partial charge in [0.15, 0.2) is 17.5 Å². The zero-order valence-electron chi connectivity index (χ0n) is 15.6. The normalized spacial score (nSPS) is 12.8. The Hall–Kier alpha value is -1.95. The van der Waals surface area contributed by atoms with Gasteiger partial charge in [-0.15, -0.1) is 0 Å². The zero-order chi connectivity index (χ0) is 17.8. The Morgan fingerprint density at radius 3 is 2.54 bits per heavy atom. The Labute approximate surface area is 146 Å². The molecule has 0 heterocycles. The van der Waals surface area contributed by atoms with Gasteiger partial charge in [-0.2, -0.15) is 0 Å². The highest BCUT2D eigenvalue weighted by Crippen LogP contribution is 2.26. The van der Waals surface area contributed by atoms with E-state index < -0.39 is 0 Å². The van der Waals surface area contributed by atoms with E-state index in [0.29, 0.717) is 6.54 Å². The van der Waals surface area contributed by atoms with Crippen LogP contribution in [0.5, 0.6) is 11.5 Å². The first-order chi connectivity index (χ1) is 11.6. The van der Waals surface area contributed by atoms with Crippen LogP contribution in [0.25, 0.3) is 0 Å². The predicted octanol–water partition coefficient (Wildman–Crippen LogP) is 1.97. The second-order valence-electron chi connectivity index (χ2n) is 5.62. The molecule has 0 aliphatic rings. The van der Waals surface area contributed by atoms with Gasteiger partial charge in [-0.05, 0) is 39.6 Å². The molecule has 1 atom stereocenters. The highest BCUT2D eigenvalue weighted by molar-refractivity contribution is 5.79. The van der Waals surface area contributed by atoms with Gasteiger partial charge in [0.1, 0.15) is 6.10 Å². The highest BCUT2D eigenvalue weighted by atomic mass is 16.5. The minimum atomic E-state index is -0.0462. The summed E-state index contributed by atoms with van der Waals surface area (Å²) in [5, 5.41) is 6.60. The number of aliphatic imine (C=N–C) groups is 1. The lowest BCUT2D eigenvalue weighted by Crippen LogP contribution is -2.41. The molecule has 2 N–H and O–H groups in total. The van der Waals surface area contributed by atoms with Crippen molar-refractivity contribution in [2.75, 3.05) is 46.9 Å². The van der Waals surface area contributed by atoms with Crippen LogP contribution in [0.4, 0.5) is 0 Å². The molecule has 0 radical (unpaired) electrons. The molecule has 0 aliphatic carbocycles. The Kier molecular flexibility index (Phi) is 9.68. The van der Waals surface area contributed by atoms with Crippen LogP contribution in [-0.2, 0) is 0 Å². The van der Waals surface area contributed by atoms with Gasteiger partial charge < -0.3 is 25.0 Å². The van der Waals surface area contributed by atoms with Gasteiger partial charge in [0, 0.05) is 19.6 Å². The molecule has 6 nitrogen and oxygen atoms in total. The van der Waals surface area contributed by atoms with Crippen molar-refractivity contribution in [1.82, 2.24) is 15.5 Å². The second kappa shape index (κ2) is 11.6. The van der Waals surface area contributed by atoms with Crippen LogP contribution in [-0.4, -0.2) is 63.8 Å². The minimum absolute atomic E-state index is 0.0462. The summed E-state index contributed by atoms with van der Waals surface area (Å²) in [6.07, 6.45) is -0.0462. The molecule has 1 unspecified atom stereocenters. The standard InChI is InChI=1S/C18H32N4O2/c1-6-19-18(20-12-13-22(4)7-2)21-14-15(3)24-17-11-9-8-10-16(17)23-5/h8-11,15H,6-7,12-14H2,1-5H3,(H2,19,20,21). The summed E-state index contributed by atoms with van der Waals surface area (Å²) in [7, 11) is 3.75. The van der Waals surface area contributed by atoms with E-state index in [2.05, 4.69) is 41.4 Å². The van der Waals surface area contributed by atoms with E-state index in [0.717, 1.165) is 43.6 Å². The number of nitrogens with zero attached hydrogens (tertiary/aromatic N) is 2. The molecule has 1 rings (SSSR count). The molecular formula is C18H32N4O2.